The summed E-state index contributed by atoms with van der Waals surface area (Å²) in [4.78, 5) is 0. The van der Waals surface area contributed by atoms with Crippen molar-refractivity contribution in [1.82, 2.24) is 0 Å². The Morgan fingerprint density at radius 3 is 3.00 bits per heavy atom. The maximum absolute atomic E-state index is 5.99. The first-order valence-electron chi connectivity index (χ1n) is 6.19. The van der Waals surface area contributed by atoms with E-state index >= 15 is 0 Å². The first kappa shape index (κ1) is 12.8. The van der Waals surface area contributed by atoms with Gasteiger partial charge in [-0.25, -0.2) is 0 Å². The molecule has 0 fully saturated rings. The lowest BCUT2D eigenvalue weighted by molar-refractivity contribution is 0.116. The van der Waals surface area contributed by atoms with Crippen molar-refractivity contribution < 1.29 is 4.74 Å². The molecular weight excluding hydrogens is 230 g/mol. The van der Waals surface area contributed by atoms with Crippen molar-refractivity contribution in [2.45, 2.75) is 19.3 Å². The van der Waals surface area contributed by atoms with Crippen molar-refractivity contribution >= 4 is 11.8 Å². The van der Waals surface area contributed by atoms with Gasteiger partial charge in [-0.3, -0.25) is 0 Å². The van der Waals surface area contributed by atoms with Crippen molar-refractivity contribution in [2.75, 3.05) is 25.2 Å². The van der Waals surface area contributed by atoms with E-state index in [1.54, 1.807) is 0 Å². The van der Waals surface area contributed by atoms with Gasteiger partial charge in [0.1, 0.15) is 5.75 Å². The van der Waals surface area contributed by atoms with Gasteiger partial charge in [0, 0.05) is 12.0 Å². The fourth-order valence-electron chi connectivity index (χ4n) is 2.46. The Morgan fingerprint density at radius 2 is 2.24 bits per heavy atom. The average molecular weight is 251 g/mol. The molecule has 0 saturated carbocycles. The highest BCUT2D eigenvalue weighted by Crippen LogP contribution is 2.37. The number of rotatable bonds is 5. The van der Waals surface area contributed by atoms with Crippen LogP contribution in [-0.4, -0.2) is 25.2 Å². The summed E-state index contributed by atoms with van der Waals surface area (Å²) in [6, 6.07) is 8.32. The highest BCUT2D eigenvalue weighted by Gasteiger charge is 2.33. The summed E-state index contributed by atoms with van der Waals surface area (Å²) in [5, 5.41) is 0. The second-order valence-corrected chi connectivity index (χ2v) is 5.86. The van der Waals surface area contributed by atoms with E-state index in [1.165, 1.54) is 24.2 Å². The maximum Gasteiger partial charge on any atom is 0.122 e. The molecule has 0 aliphatic carbocycles. The quantitative estimate of drug-likeness (QED) is 0.817. The van der Waals surface area contributed by atoms with E-state index in [2.05, 4.69) is 24.5 Å². The Hall–Kier alpha value is -0.670. The number of benzene rings is 1. The van der Waals surface area contributed by atoms with Crippen LogP contribution in [0, 0.1) is 5.41 Å². The lowest BCUT2D eigenvalue weighted by Gasteiger charge is -2.37. The minimum Gasteiger partial charge on any atom is -0.493 e. The van der Waals surface area contributed by atoms with Crippen molar-refractivity contribution in [3.8, 4) is 5.75 Å². The largest absolute Gasteiger partial charge is 0.493 e. The summed E-state index contributed by atoms with van der Waals surface area (Å²) in [5.74, 6) is 2.25. The Bertz CT molecular complexity index is 369. The van der Waals surface area contributed by atoms with Crippen LogP contribution in [0.1, 0.15) is 18.4 Å². The maximum atomic E-state index is 5.99. The van der Waals surface area contributed by atoms with Crippen LogP contribution in [0.15, 0.2) is 24.3 Å². The molecule has 0 spiro atoms. The number of fused-ring (bicyclic) bond motifs is 1. The van der Waals surface area contributed by atoms with Gasteiger partial charge in [-0.1, -0.05) is 18.2 Å². The van der Waals surface area contributed by atoms with Crippen LogP contribution in [0.5, 0.6) is 5.75 Å². The van der Waals surface area contributed by atoms with Crippen LogP contribution in [0.25, 0.3) is 0 Å². The SMILES string of the molecule is CSCCCC1(CN)COc2ccccc2C1. The Balaban J connectivity index is 2.06. The molecule has 0 aromatic heterocycles. The molecule has 17 heavy (non-hydrogen) atoms. The highest BCUT2D eigenvalue weighted by atomic mass is 32.2. The Labute approximate surface area is 108 Å². The fraction of sp³-hybridized carbons (Fsp3) is 0.571. The monoisotopic (exact) mass is 251 g/mol. The van der Waals surface area contributed by atoms with Gasteiger partial charge in [0.05, 0.1) is 6.61 Å². The molecule has 1 unspecified atom stereocenters. The van der Waals surface area contributed by atoms with E-state index in [4.69, 9.17) is 10.5 Å². The number of para-hydroxylation sites is 1. The van der Waals surface area contributed by atoms with Gasteiger partial charge in [-0.05, 0) is 42.9 Å². The first-order valence-corrected chi connectivity index (χ1v) is 7.59. The minimum absolute atomic E-state index is 0.157. The molecule has 94 valence electrons. The normalized spacial score (nSPS) is 22.9. The second kappa shape index (κ2) is 5.78. The molecule has 1 atom stereocenters. The molecule has 3 heteroatoms. The molecule has 0 amide bonds. The van der Waals surface area contributed by atoms with Crippen LogP contribution in [0.3, 0.4) is 0 Å². The van der Waals surface area contributed by atoms with E-state index in [1.807, 2.05) is 17.8 Å². The predicted molar refractivity (Wildman–Crippen MR) is 74.7 cm³/mol. The van der Waals surface area contributed by atoms with Crippen LogP contribution in [0.2, 0.25) is 0 Å². The molecule has 0 saturated heterocycles. The lowest BCUT2D eigenvalue weighted by Crippen LogP contribution is -2.41. The minimum atomic E-state index is 0.157. The van der Waals surface area contributed by atoms with Crippen LogP contribution >= 0.6 is 11.8 Å². The Kier molecular flexibility index (Phi) is 4.35. The third-order valence-corrected chi connectivity index (χ3v) is 4.26. The number of hydrogen-bond donors (Lipinski definition) is 1. The van der Waals surface area contributed by atoms with Gasteiger partial charge in [0.2, 0.25) is 0 Å². The molecule has 1 aliphatic rings. The van der Waals surface area contributed by atoms with Crippen molar-refractivity contribution in [3.05, 3.63) is 29.8 Å². The first-order chi connectivity index (χ1) is 8.29. The molecule has 1 aromatic rings. The third-order valence-electron chi connectivity index (χ3n) is 3.56. The standard InChI is InChI=1S/C14H21NOS/c1-17-8-4-7-14(10-15)9-12-5-2-3-6-13(12)16-11-14/h2-3,5-6H,4,7-11,15H2,1H3. The zero-order chi connectivity index (χ0) is 12.1. The van der Waals surface area contributed by atoms with E-state index in [9.17, 15) is 0 Å². The molecule has 1 aliphatic heterocycles. The summed E-state index contributed by atoms with van der Waals surface area (Å²) in [5.41, 5.74) is 7.46. The molecule has 2 N–H and O–H groups in total. The van der Waals surface area contributed by atoms with Gasteiger partial charge in [-0.15, -0.1) is 0 Å². The highest BCUT2D eigenvalue weighted by molar-refractivity contribution is 7.98. The van der Waals surface area contributed by atoms with E-state index < -0.39 is 0 Å². The fourth-order valence-corrected chi connectivity index (χ4v) is 2.89. The third kappa shape index (κ3) is 2.96. The van der Waals surface area contributed by atoms with Gasteiger partial charge in [-0.2, -0.15) is 11.8 Å². The Morgan fingerprint density at radius 1 is 1.41 bits per heavy atom. The lowest BCUT2D eigenvalue weighted by atomic mass is 9.77. The van der Waals surface area contributed by atoms with Crippen LogP contribution < -0.4 is 10.5 Å². The van der Waals surface area contributed by atoms with Crippen molar-refractivity contribution in [2.24, 2.45) is 11.1 Å². The number of nitrogens with two attached hydrogens (primary N) is 1. The van der Waals surface area contributed by atoms with Gasteiger partial charge >= 0.3 is 0 Å². The van der Waals surface area contributed by atoms with Crippen LogP contribution in [0.4, 0.5) is 0 Å². The van der Waals surface area contributed by atoms with E-state index in [0.717, 1.165) is 25.3 Å². The van der Waals surface area contributed by atoms with Crippen molar-refractivity contribution in [1.29, 1.82) is 0 Å². The smallest absolute Gasteiger partial charge is 0.122 e. The molecular formula is C14H21NOS. The number of thioether (sulfide) groups is 1. The predicted octanol–water partition coefficient (Wildman–Crippen LogP) is 2.71. The summed E-state index contributed by atoms with van der Waals surface area (Å²) in [7, 11) is 0. The second-order valence-electron chi connectivity index (χ2n) is 4.87. The molecule has 1 heterocycles. The van der Waals surface area contributed by atoms with Crippen LogP contribution in [-0.2, 0) is 6.42 Å². The number of ether oxygens (including phenoxy) is 1. The van der Waals surface area contributed by atoms with E-state index in [-0.39, 0.29) is 5.41 Å². The summed E-state index contributed by atoms with van der Waals surface area (Å²) < 4.78 is 5.87. The summed E-state index contributed by atoms with van der Waals surface area (Å²) in [6.45, 7) is 1.49. The molecule has 2 nitrogen and oxygen atoms in total. The topological polar surface area (TPSA) is 35.2 Å². The average Bonchev–Trinajstić information content (AvgIpc) is 2.39. The molecule has 1 aromatic carbocycles. The van der Waals surface area contributed by atoms with Gasteiger partial charge in [0.15, 0.2) is 0 Å². The van der Waals surface area contributed by atoms with Gasteiger partial charge < -0.3 is 10.5 Å². The molecule has 2 rings (SSSR count). The van der Waals surface area contributed by atoms with Gasteiger partial charge in [0.25, 0.3) is 0 Å². The van der Waals surface area contributed by atoms with E-state index in [0.29, 0.717) is 0 Å². The number of hydrogen-bond acceptors (Lipinski definition) is 3. The zero-order valence-corrected chi connectivity index (χ0v) is 11.3. The molecule has 0 radical (unpaired) electrons. The summed E-state index contributed by atoms with van der Waals surface area (Å²) in [6.07, 6.45) is 5.61. The molecule has 0 bridgehead atoms. The summed E-state index contributed by atoms with van der Waals surface area (Å²) >= 11 is 1.90. The zero-order valence-electron chi connectivity index (χ0n) is 10.4. The van der Waals surface area contributed by atoms with Crippen molar-refractivity contribution in [3.63, 3.8) is 0 Å².